The molecule has 0 saturated heterocycles. The van der Waals surface area contributed by atoms with Gasteiger partial charge in [0.05, 0.1) is 5.69 Å². The molecule has 1 atom stereocenters. The van der Waals surface area contributed by atoms with Gasteiger partial charge in [-0.05, 0) is 37.8 Å². The molecule has 1 aliphatic rings. The number of hydrogen-bond donors (Lipinski definition) is 2. The Bertz CT molecular complexity index is 295. The Morgan fingerprint density at radius 2 is 2.38 bits per heavy atom. The first kappa shape index (κ1) is 8.69. The van der Waals surface area contributed by atoms with Crippen molar-refractivity contribution in [3.05, 3.63) is 17.0 Å². The number of nitrogens with one attached hydrogen (secondary N) is 1. The number of aryl methyl sites for hydroxylation is 1. The minimum absolute atomic E-state index is 0.372. The zero-order valence-electron chi connectivity index (χ0n) is 7.52. The Morgan fingerprint density at radius 1 is 1.54 bits per heavy atom. The smallest absolute Gasteiger partial charge is 0.145 e. The Morgan fingerprint density at radius 3 is 3.15 bits per heavy atom. The topological polar surface area (TPSA) is 54.7 Å². The highest BCUT2D eigenvalue weighted by atomic mass is 19.1. The number of fused-ring (bicyclic) bond motifs is 1. The molecular weight excluding hydrogens is 169 g/mol. The average Bonchev–Trinajstić information content (AvgIpc) is 2.62. The molecule has 1 unspecified atom stereocenters. The molecule has 1 aliphatic carbocycles. The van der Waals surface area contributed by atoms with Crippen LogP contribution in [0.3, 0.4) is 0 Å². The van der Waals surface area contributed by atoms with Crippen LogP contribution >= 0.6 is 0 Å². The lowest BCUT2D eigenvalue weighted by Crippen LogP contribution is -2.05. The lowest BCUT2D eigenvalue weighted by atomic mass is 10.1. The Hall–Kier alpha value is -0.900. The summed E-state index contributed by atoms with van der Waals surface area (Å²) in [5.41, 5.74) is 8.12. The number of rotatable bonds is 3. The second-order valence-corrected chi connectivity index (χ2v) is 3.46. The molecule has 13 heavy (non-hydrogen) atoms. The Kier molecular flexibility index (Phi) is 2.31. The molecule has 2 rings (SSSR count). The van der Waals surface area contributed by atoms with E-state index in [4.69, 9.17) is 5.73 Å². The van der Waals surface area contributed by atoms with Gasteiger partial charge in [0, 0.05) is 5.69 Å². The van der Waals surface area contributed by atoms with E-state index < -0.39 is 6.17 Å². The van der Waals surface area contributed by atoms with Crippen molar-refractivity contribution in [2.45, 2.75) is 31.9 Å². The van der Waals surface area contributed by atoms with E-state index >= 15 is 0 Å². The van der Waals surface area contributed by atoms with Gasteiger partial charge < -0.3 is 5.73 Å². The predicted octanol–water partition coefficient (Wildman–Crippen LogP) is 1.26. The number of nitrogens with zero attached hydrogens (tertiary/aromatic N) is 1. The van der Waals surface area contributed by atoms with Gasteiger partial charge in [-0.3, -0.25) is 5.10 Å². The molecule has 0 fully saturated rings. The molecule has 0 radical (unpaired) electrons. The minimum atomic E-state index is -0.983. The minimum Gasteiger partial charge on any atom is -0.330 e. The van der Waals surface area contributed by atoms with Crippen LogP contribution in [-0.4, -0.2) is 16.7 Å². The molecule has 0 spiro atoms. The van der Waals surface area contributed by atoms with Gasteiger partial charge in [0.25, 0.3) is 0 Å². The van der Waals surface area contributed by atoms with Gasteiger partial charge in [-0.1, -0.05) is 0 Å². The highest BCUT2D eigenvalue weighted by Crippen LogP contribution is 2.29. The number of aromatic nitrogens is 2. The van der Waals surface area contributed by atoms with Crippen molar-refractivity contribution in [3.63, 3.8) is 0 Å². The second-order valence-electron chi connectivity index (χ2n) is 3.46. The van der Waals surface area contributed by atoms with Gasteiger partial charge in [0.1, 0.15) is 6.17 Å². The van der Waals surface area contributed by atoms with E-state index in [1.165, 1.54) is 0 Å². The molecule has 4 heteroatoms. The monoisotopic (exact) mass is 183 g/mol. The summed E-state index contributed by atoms with van der Waals surface area (Å²) in [4.78, 5) is 0. The molecule has 3 N–H and O–H groups in total. The van der Waals surface area contributed by atoms with Crippen LogP contribution in [0.2, 0.25) is 0 Å². The highest BCUT2D eigenvalue weighted by molar-refractivity contribution is 5.30. The quantitative estimate of drug-likeness (QED) is 0.741. The van der Waals surface area contributed by atoms with E-state index in [1.807, 2.05) is 0 Å². The van der Waals surface area contributed by atoms with Crippen molar-refractivity contribution in [3.8, 4) is 0 Å². The van der Waals surface area contributed by atoms with Crippen molar-refractivity contribution in [1.29, 1.82) is 0 Å². The fraction of sp³-hybridized carbons (Fsp3) is 0.667. The SMILES string of the molecule is NCCC(F)c1n[nH]c2c1CCC2. The summed E-state index contributed by atoms with van der Waals surface area (Å²) in [6, 6.07) is 0. The van der Waals surface area contributed by atoms with E-state index in [0.717, 1.165) is 30.5 Å². The zero-order chi connectivity index (χ0) is 9.26. The molecule has 0 aliphatic heterocycles. The number of halogens is 1. The van der Waals surface area contributed by atoms with E-state index in [9.17, 15) is 4.39 Å². The first-order valence-corrected chi connectivity index (χ1v) is 4.73. The van der Waals surface area contributed by atoms with Gasteiger partial charge in [0.15, 0.2) is 0 Å². The lowest BCUT2D eigenvalue weighted by molar-refractivity contribution is 0.318. The Balaban J connectivity index is 2.20. The number of aromatic amines is 1. The summed E-state index contributed by atoms with van der Waals surface area (Å²) < 4.78 is 13.5. The third-order valence-electron chi connectivity index (χ3n) is 2.56. The molecule has 0 saturated carbocycles. The van der Waals surface area contributed by atoms with Crippen LogP contribution < -0.4 is 5.73 Å². The van der Waals surface area contributed by atoms with E-state index in [2.05, 4.69) is 10.2 Å². The molecule has 1 aromatic heterocycles. The van der Waals surface area contributed by atoms with Crippen molar-refractivity contribution >= 4 is 0 Å². The maximum atomic E-state index is 13.5. The Labute approximate surface area is 76.5 Å². The lowest BCUT2D eigenvalue weighted by Gasteiger charge is -2.04. The number of H-pyrrole nitrogens is 1. The summed E-state index contributed by atoms with van der Waals surface area (Å²) in [6.45, 7) is 0.378. The molecule has 1 heterocycles. The van der Waals surface area contributed by atoms with Gasteiger partial charge in [-0.15, -0.1) is 0 Å². The molecule has 72 valence electrons. The van der Waals surface area contributed by atoms with Gasteiger partial charge in [-0.2, -0.15) is 5.10 Å². The molecule has 1 aromatic rings. The summed E-state index contributed by atoms with van der Waals surface area (Å²) >= 11 is 0. The summed E-state index contributed by atoms with van der Waals surface area (Å²) in [7, 11) is 0. The zero-order valence-corrected chi connectivity index (χ0v) is 7.52. The summed E-state index contributed by atoms with van der Waals surface area (Å²) in [5, 5.41) is 6.90. The predicted molar refractivity (Wildman–Crippen MR) is 48.1 cm³/mol. The molecular formula is C9H14FN3. The third-order valence-corrected chi connectivity index (χ3v) is 2.56. The van der Waals surface area contributed by atoms with E-state index in [-0.39, 0.29) is 0 Å². The fourth-order valence-electron chi connectivity index (χ4n) is 1.89. The normalized spacial score (nSPS) is 17.4. The molecule has 0 bridgehead atoms. The first-order chi connectivity index (χ1) is 6.33. The van der Waals surface area contributed by atoms with Gasteiger partial charge in [-0.25, -0.2) is 4.39 Å². The van der Waals surface area contributed by atoms with Crippen molar-refractivity contribution in [2.75, 3.05) is 6.54 Å². The van der Waals surface area contributed by atoms with Crippen LogP contribution in [0.1, 0.15) is 36.0 Å². The fourth-order valence-corrected chi connectivity index (χ4v) is 1.89. The van der Waals surface area contributed by atoms with Crippen LogP contribution in [-0.2, 0) is 12.8 Å². The van der Waals surface area contributed by atoms with E-state index in [1.54, 1.807) is 0 Å². The third kappa shape index (κ3) is 1.46. The highest BCUT2D eigenvalue weighted by Gasteiger charge is 2.23. The van der Waals surface area contributed by atoms with Crippen LogP contribution in [0.5, 0.6) is 0 Å². The van der Waals surface area contributed by atoms with Crippen LogP contribution in [0.4, 0.5) is 4.39 Å². The van der Waals surface area contributed by atoms with Crippen LogP contribution in [0.25, 0.3) is 0 Å². The molecule has 0 aromatic carbocycles. The maximum Gasteiger partial charge on any atom is 0.145 e. The standard InChI is InChI=1S/C9H14FN3/c10-7(4-5-11)9-6-2-1-3-8(6)12-13-9/h7H,1-5,11H2,(H,12,13). The largest absolute Gasteiger partial charge is 0.330 e. The molecule has 3 nitrogen and oxygen atoms in total. The summed E-state index contributed by atoms with van der Waals surface area (Å²) in [6.07, 6.45) is 2.48. The number of hydrogen-bond acceptors (Lipinski definition) is 2. The number of alkyl halides is 1. The first-order valence-electron chi connectivity index (χ1n) is 4.73. The van der Waals surface area contributed by atoms with Crippen LogP contribution in [0.15, 0.2) is 0 Å². The molecule has 0 amide bonds. The van der Waals surface area contributed by atoms with Crippen LogP contribution in [0, 0.1) is 0 Å². The van der Waals surface area contributed by atoms with Crippen molar-refractivity contribution in [2.24, 2.45) is 5.73 Å². The maximum absolute atomic E-state index is 13.5. The summed E-state index contributed by atoms with van der Waals surface area (Å²) in [5.74, 6) is 0. The second kappa shape index (κ2) is 3.46. The van der Waals surface area contributed by atoms with Gasteiger partial charge in [0.2, 0.25) is 0 Å². The van der Waals surface area contributed by atoms with Gasteiger partial charge >= 0.3 is 0 Å². The van der Waals surface area contributed by atoms with Crippen molar-refractivity contribution < 1.29 is 4.39 Å². The van der Waals surface area contributed by atoms with E-state index in [0.29, 0.717) is 18.7 Å². The van der Waals surface area contributed by atoms with Crippen molar-refractivity contribution in [1.82, 2.24) is 10.2 Å². The number of nitrogens with two attached hydrogens (primary N) is 1. The average molecular weight is 183 g/mol.